The molecule has 0 radical (unpaired) electrons. The van der Waals surface area contributed by atoms with Crippen LogP contribution in [0.2, 0.25) is 0 Å². The standard InChI is InChI=1S/C14H23N3O2S/c1-16(11-12-4-3-5-13(15)10-12)14-6-8-17(9-7-14)20(2,18)19/h3-5,10,14H,6-9,11,15H2,1-2H3. The number of nitrogen functional groups attached to an aromatic ring is 1. The number of hydrogen-bond donors (Lipinski definition) is 1. The van der Waals surface area contributed by atoms with Crippen molar-refractivity contribution < 1.29 is 8.42 Å². The third-order valence-corrected chi connectivity index (χ3v) is 5.20. The van der Waals surface area contributed by atoms with E-state index in [1.54, 1.807) is 4.31 Å². The Balaban J connectivity index is 1.90. The lowest BCUT2D eigenvalue weighted by Crippen LogP contribution is -2.44. The Morgan fingerprint density at radius 3 is 2.55 bits per heavy atom. The fourth-order valence-corrected chi connectivity index (χ4v) is 3.60. The normalized spacial score (nSPS) is 18.6. The molecule has 0 amide bonds. The molecule has 0 aromatic heterocycles. The highest BCUT2D eigenvalue weighted by Gasteiger charge is 2.26. The number of hydrogen-bond acceptors (Lipinski definition) is 4. The predicted molar refractivity (Wildman–Crippen MR) is 81.8 cm³/mol. The smallest absolute Gasteiger partial charge is 0.211 e. The van der Waals surface area contributed by atoms with Gasteiger partial charge in [0.25, 0.3) is 0 Å². The van der Waals surface area contributed by atoms with E-state index in [0.29, 0.717) is 19.1 Å². The van der Waals surface area contributed by atoms with Crippen LogP contribution >= 0.6 is 0 Å². The summed E-state index contributed by atoms with van der Waals surface area (Å²) >= 11 is 0. The second-order valence-corrected chi connectivity index (χ2v) is 7.54. The Hall–Kier alpha value is -1.11. The second-order valence-electron chi connectivity index (χ2n) is 5.55. The number of rotatable bonds is 4. The van der Waals surface area contributed by atoms with Gasteiger partial charge in [0.2, 0.25) is 10.0 Å². The fraction of sp³-hybridized carbons (Fsp3) is 0.571. The SMILES string of the molecule is CN(Cc1cccc(N)c1)C1CCN(S(C)(=O)=O)CC1. The summed E-state index contributed by atoms with van der Waals surface area (Å²) in [5.41, 5.74) is 7.76. The van der Waals surface area contributed by atoms with Crippen molar-refractivity contribution >= 4 is 15.7 Å². The van der Waals surface area contributed by atoms with E-state index in [4.69, 9.17) is 5.73 Å². The highest BCUT2D eigenvalue weighted by atomic mass is 32.2. The second kappa shape index (κ2) is 6.11. The van der Waals surface area contributed by atoms with Gasteiger partial charge in [0.1, 0.15) is 0 Å². The fourth-order valence-electron chi connectivity index (χ4n) is 2.72. The maximum Gasteiger partial charge on any atom is 0.211 e. The van der Waals surface area contributed by atoms with Gasteiger partial charge in [-0.05, 0) is 37.6 Å². The monoisotopic (exact) mass is 297 g/mol. The molecular formula is C14H23N3O2S. The van der Waals surface area contributed by atoms with Crippen molar-refractivity contribution in [3.05, 3.63) is 29.8 Å². The molecule has 6 heteroatoms. The summed E-state index contributed by atoms with van der Waals surface area (Å²) in [7, 11) is -0.954. The molecule has 0 unspecified atom stereocenters. The van der Waals surface area contributed by atoms with E-state index in [1.807, 2.05) is 18.2 Å². The van der Waals surface area contributed by atoms with E-state index in [1.165, 1.54) is 11.8 Å². The van der Waals surface area contributed by atoms with Gasteiger partial charge in [0.05, 0.1) is 6.26 Å². The zero-order valence-electron chi connectivity index (χ0n) is 12.1. The molecular weight excluding hydrogens is 274 g/mol. The molecule has 1 aliphatic rings. The predicted octanol–water partition coefficient (Wildman–Crippen LogP) is 1.12. The van der Waals surface area contributed by atoms with Gasteiger partial charge in [-0.2, -0.15) is 0 Å². The average Bonchev–Trinajstić information content (AvgIpc) is 2.38. The van der Waals surface area contributed by atoms with Crippen LogP contribution in [0, 0.1) is 0 Å². The Kier molecular flexibility index (Phi) is 4.67. The molecule has 20 heavy (non-hydrogen) atoms. The third kappa shape index (κ3) is 3.94. The van der Waals surface area contributed by atoms with Crippen LogP contribution in [0.5, 0.6) is 0 Å². The topological polar surface area (TPSA) is 66.6 Å². The van der Waals surface area contributed by atoms with E-state index in [0.717, 1.165) is 25.1 Å². The Labute approximate surface area is 121 Å². The molecule has 1 heterocycles. The van der Waals surface area contributed by atoms with E-state index >= 15 is 0 Å². The van der Waals surface area contributed by atoms with Crippen LogP contribution in [0.15, 0.2) is 24.3 Å². The Morgan fingerprint density at radius 2 is 2.00 bits per heavy atom. The van der Waals surface area contributed by atoms with Crippen molar-refractivity contribution in [2.45, 2.75) is 25.4 Å². The lowest BCUT2D eigenvalue weighted by molar-refractivity contribution is 0.162. The molecule has 1 aliphatic heterocycles. The summed E-state index contributed by atoms with van der Waals surface area (Å²) in [6, 6.07) is 8.33. The van der Waals surface area contributed by atoms with Gasteiger partial charge in [-0.1, -0.05) is 12.1 Å². The summed E-state index contributed by atoms with van der Waals surface area (Å²) in [6.45, 7) is 2.07. The first-order chi connectivity index (χ1) is 9.36. The minimum atomic E-state index is -3.04. The van der Waals surface area contributed by atoms with Crippen LogP contribution in [0.3, 0.4) is 0 Å². The number of sulfonamides is 1. The Bertz CT molecular complexity index is 551. The number of nitrogens with two attached hydrogens (primary N) is 1. The zero-order chi connectivity index (χ0) is 14.8. The summed E-state index contributed by atoms with van der Waals surface area (Å²) in [6.07, 6.45) is 3.04. The van der Waals surface area contributed by atoms with E-state index in [9.17, 15) is 8.42 Å². The molecule has 0 spiro atoms. The number of nitrogens with zero attached hydrogens (tertiary/aromatic N) is 2. The van der Waals surface area contributed by atoms with Gasteiger partial charge in [0, 0.05) is 31.4 Å². The van der Waals surface area contributed by atoms with Crippen molar-refractivity contribution in [3.8, 4) is 0 Å². The summed E-state index contributed by atoms with van der Waals surface area (Å²) in [5, 5.41) is 0. The van der Waals surface area contributed by atoms with Gasteiger partial charge in [0.15, 0.2) is 0 Å². The molecule has 1 aromatic rings. The molecule has 112 valence electrons. The van der Waals surface area contributed by atoms with Crippen molar-refractivity contribution in [1.82, 2.24) is 9.21 Å². The minimum absolute atomic E-state index is 0.425. The summed E-state index contributed by atoms with van der Waals surface area (Å²) in [5.74, 6) is 0. The molecule has 0 atom stereocenters. The molecule has 2 N–H and O–H groups in total. The quantitative estimate of drug-likeness (QED) is 0.846. The van der Waals surface area contributed by atoms with Gasteiger partial charge in [-0.3, -0.25) is 4.90 Å². The zero-order valence-corrected chi connectivity index (χ0v) is 12.9. The highest BCUT2D eigenvalue weighted by molar-refractivity contribution is 7.88. The molecule has 1 saturated heterocycles. The van der Waals surface area contributed by atoms with Crippen molar-refractivity contribution in [3.63, 3.8) is 0 Å². The van der Waals surface area contributed by atoms with Crippen molar-refractivity contribution in [1.29, 1.82) is 0 Å². The number of anilines is 1. The van der Waals surface area contributed by atoms with Crippen LogP contribution in [-0.4, -0.2) is 50.1 Å². The maximum atomic E-state index is 11.5. The van der Waals surface area contributed by atoms with Gasteiger partial charge in [-0.15, -0.1) is 0 Å². The van der Waals surface area contributed by atoms with Crippen LogP contribution in [0.1, 0.15) is 18.4 Å². The summed E-state index contributed by atoms with van der Waals surface area (Å²) in [4.78, 5) is 2.29. The molecule has 2 rings (SSSR count). The average molecular weight is 297 g/mol. The van der Waals surface area contributed by atoms with E-state index in [-0.39, 0.29) is 0 Å². The molecule has 0 aliphatic carbocycles. The number of piperidine rings is 1. The highest BCUT2D eigenvalue weighted by Crippen LogP contribution is 2.19. The minimum Gasteiger partial charge on any atom is -0.399 e. The van der Waals surface area contributed by atoms with Gasteiger partial charge < -0.3 is 5.73 Å². The largest absolute Gasteiger partial charge is 0.399 e. The van der Waals surface area contributed by atoms with E-state index in [2.05, 4.69) is 18.0 Å². The lowest BCUT2D eigenvalue weighted by atomic mass is 10.0. The maximum absolute atomic E-state index is 11.5. The van der Waals surface area contributed by atoms with Crippen molar-refractivity contribution in [2.24, 2.45) is 0 Å². The molecule has 0 bridgehead atoms. The molecule has 1 aromatic carbocycles. The third-order valence-electron chi connectivity index (χ3n) is 3.90. The molecule has 1 fully saturated rings. The van der Waals surface area contributed by atoms with Gasteiger partial charge >= 0.3 is 0 Å². The first-order valence-electron chi connectivity index (χ1n) is 6.86. The van der Waals surface area contributed by atoms with Crippen LogP contribution in [0.4, 0.5) is 5.69 Å². The first-order valence-corrected chi connectivity index (χ1v) is 8.71. The van der Waals surface area contributed by atoms with Crippen molar-refractivity contribution in [2.75, 3.05) is 32.1 Å². The van der Waals surface area contributed by atoms with Crippen LogP contribution in [-0.2, 0) is 16.6 Å². The molecule has 5 nitrogen and oxygen atoms in total. The first kappa shape index (κ1) is 15.3. The Morgan fingerprint density at radius 1 is 1.35 bits per heavy atom. The summed E-state index contributed by atoms with van der Waals surface area (Å²) < 4.78 is 24.5. The lowest BCUT2D eigenvalue weighted by Gasteiger charge is -2.35. The van der Waals surface area contributed by atoms with E-state index < -0.39 is 10.0 Å². The number of benzene rings is 1. The van der Waals surface area contributed by atoms with Crippen LogP contribution in [0.25, 0.3) is 0 Å². The van der Waals surface area contributed by atoms with Crippen LogP contribution < -0.4 is 5.73 Å². The molecule has 0 saturated carbocycles. The van der Waals surface area contributed by atoms with Gasteiger partial charge in [-0.25, -0.2) is 12.7 Å².